The minimum atomic E-state index is -2.66. The molecule has 38 heavy (non-hydrogen) atoms. The summed E-state index contributed by atoms with van der Waals surface area (Å²) >= 11 is 0. The monoisotopic (exact) mass is 543 g/mol. The van der Waals surface area contributed by atoms with Gasteiger partial charge in [-0.1, -0.05) is 25.7 Å². The average molecular weight is 544 g/mol. The number of halogens is 2. The van der Waals surface area contributed by atoms with Crippen molar-refractivity contribution >= 4 is 31.1 Å². The number of ether oxygens (including phenoxy) is 2. The van der Waals surface area contributed by atoms with E-state index in [-0.39, 0.29) is 30.1 Å². The predicted octanol–water partition coefficient (Wildman–Crippen LogP) is 5.57. The van der Waals surface area contributed by atoms with Crippen molar-refractivity contribution in [2.45, 2.75) is 52.3 Å². The summed E-state index contributed by atoms with van der Waals surface area (Å²) in [5, 5.41) is 7.46. The van der Waals surface area contributed by atoms with E-state index in [1.54, 1.807) is 6.20 Å². The highest BCUT2D eigenvalue weighted by molar-refractivity contribution is 6.76. The molecule has 0 spiro atoms. The van der Waals surface area contributed by atoms with E-state index in [0.29, 0.717) is 49.1 Å². The van der Waals surface area contributed by atoms with Crippen LogP contribution in [0.4, 0.5) is 26.0 Å². The Hall–Kier alpha value is -3.15. The summed E-state index contributed by atoms with van der Waals surface area (Å²) in [6.07, 6.45) is 1.57. The number of fused-ring (bicyclic) bond motifs is 3. The third-order valence-corrected chi connectivity index (χ3v) is 8.23. The van der Waals surface area contributed by atoms with Crippen molar-refractivity contribution in [1.29, 1.82) is 0 Å². The van der Waals surface area contributed by atoms with Crippen molar-refractivity contribution in [2.24, 2.45) is 4.99 Å². The van der Waals surface area contributed by atoms with E-state index in [1.165, 1.54) is 10.7 Å². The van der Waals surface area contributed by atoms with Gasteiger partial charge in [-0.15, -0.1) is 0 Å². The molecular formula is C27H34F2N6O2Si. The molecule has 8 nitrogen and oxygen atoms in total. The molecule has 3 aromatic rings. The summed E-state index contributed by atoms with van der Waals surface area (Å²) in [5.74, 6) is -1.22. The van der Waals surface area contributed by atoms with Crippen LogP contribution >= 0.6 is 0 Å². The van der Waals surface area contributed by atoms with Crippen LogP contribution in [0.5, 0.6) is 0 Å². The van der Waals surface area contributed by atoms with Gasteiger partial charge < -0.3 is 19.7 Å². The number of hydrogen-bond donors (Lipinski definition) is 1. The molecule has 0 amide bonds. The van der Waals surface area contributed by atoms with Gasteiger partial charge in [0.1, 0.15) is 35.7 Å². The van der Waals surface area contributed by atoms with Crippen LogP contribution in [0, 0.1) is 18.5 Å². The SMILES string of the molecule is [2H]C([2H])([2H])c1nn(COCC[Si](C)(C)C)c2c1N=C(c1c(F)cccc1F)Nc1cnc(N3CCO[C@H](C)C3)cc1-2. The fourth-order valence-corrected chi connectivity index (χ4v) is 5.25. The second-order valence-electron chi connectivity index (χ2n) is 10.8. The van der Waals surface area contributed by atoms with Gasteiger partial charge in [0.2, 0.25) is 0 Å². The van der Waals surface area contributed by atoms with Crippen molar-refractivity contribution in [1.82, 2.24) is 14.8 Å². The van der Waals surface area contributed by atoms with E-state index in [1.807, 2.05) is 13.0 Å². The maximum Gasteiger partial charge on any atom is 0.144 e. The number of nitrogens with zero attached hydrogens (tertiary/aromatic N) is 5. The third kappa shape index (κ3) is 5.50. The maximum atomic E-state index is 15.0. The first-order chi connectivity index (χ1) is 19.3. The number of nitrogens with one attached hydrogen (secondary N) is 1. The number of rotatable bonds is 7. The fourth-order valence-electron chi connectivity index (χ4n) is 4.50. The molecule has 0 radical (unpaired) electrons. The number of aryl methyl sites for hydroxylation is 1. The lowest BCUT2D eigenvalue weighted by Crippen LogP contribution is -2.41. The molecule has 1 saturated heterocycles. The Morgan fingerprint density at radius 3 is 2.76 bits per heavy atom. The normalized spacial score (nSPS) is 18.9. The summed E-state index contributed by atoms with van der Waals surface area (Å²) in [7, 11) is -1.38. The number of hydrogen-bond acceptors (Lipinski definition) is 7. The van der Waals surface area contributed by atoms with Gasteiger partial charge >= 0.3 is 0 Å². The summed E-state index contributed by atoms with van der Waals surface area (Å²) < 4.78 is 67.7. The Morgan fingerprint density at radius 1 is 1.26 bits per heavy atom. The van der Waals surface area contributed by atoms with Gasteiger partial charge in [-0.3, -0.25) is 0 Å². The Morgan fingerprint density at radius 2 is 2.05 bits per heavy atom. The standard InChI is InChI=1S/C27H34F2N6O2Si/c1-17-15-34(9-10-37-17)23-13-19-22(14-30-23)31-27(24-20(28)7-6-8-21(24)29)32-25-18(2)33-35(26(19)25)16-36-11-12-38(3,4)5/h6-8,13-14,17H,9-12,15-16H2,1-5H3,(H,31,32)/t17-/m1/s1/i2D3. The molecule has 2 aromatic heterocycles. The van der Waals surface area contributed by atoms with E-state index < -0.39 is 32.1 Å². The van der Waals surface area contributed by atoms with Crippen LogP contribution < -0.4 is 10.2 Å². The molecular weight excluding hydrogens is 506 g/mol. The molecule has 1 N–H and O–H groups in total. The zero-order valence-electron chi connectivity index (χ0n) is 25.0. The molecule has 0 aliphatic carbocycles. The van der Waals surface area contributed by atoms with Crippen molar-refractivity contribution in [3.63, 3.8) is 0 Å². The second-order valence-corrected chi connectivity index (χ2v) is 16.4. The van der Waals surface area contributed by atoms with Crippen molar-refractivity contribution < 1.29 is 22.4 Å². The van der Waals surface area contributed by atoms with E-state index in [2.05, 4.69) is 44.9 Å². The smallest absolute Gasteiger partial charge is 0.144 e. The lowest BCUT2D eigenvalue weighted by molar-refractivity contribution is 0.0529. The van der Waals surface area contributed by atoms with Gasteiger partial charge in [0.15, 0.2) is 0 Å². The van der Waals surface area contributed by atoms with E-state index in [4.69, 9.17) is 13.6 Å². The van der Waals surface area contributed by atoms with Gasteiger partial charge in [0.25, 0.3) is 0 Å². The summed E-state index contributed by atoms with van der Waals surface area (Å²) in [6.45, 7) is 8.29. The van der Waals surface area contributed by atoms with Crippen LogP contribution in [0.1, 0.15) is 22.3 Å². The van der Waals surface area contributed by atoms with Gasteiger partial charge in [-0.05, 0) is 38.0 Å². The molecule has 1 aromatic carbocycles. The van der Waals surface area contributed by atoms with E-state index >= 15 is 0 Å². The van der Waals surface area contributed by atoms with Gasteiger partial charge in [-0.2, -0.15) is 5.10 Å². The molecule has 2 aliphatic heterocycles. The summed E-state index contributed by atoms with van der Waals surface area (Å²) in [4.78, 5) is 11.2. The minimum Gasteiger partial charge on any atom is -0.375 e. The van der Waals surface area contributed by atoms with Gasteiger partial charge in [-0.25, -0.2) is 23.4 Å². The quantitative estimate of drug-likeness (QED) is 0.310. The second kappa shape index (κ2) is 10.5. The van der Waals surface area contributed by atoms with Gasteiger partial charge in [0, 0.05) is 37.4 Å². The summed E-state index contributed by atoms with van der Waals surface area (Å²) in [5.41, 5.74) is 0.599. The number of aliphatic imine (C=N–C) groups is 1. The highest BCUT2D eigenvalue weighted by Crippen LogP contribution is 2.42. The molecule has 1 atom stereocenters. The average Bonchev–Trinajstić information content (AvgIpc) is 3.16. The lowest BCUT2D eigenvalue weighted by atomic mass is 10.1. The minimum absolute atomic E-state index is 0.00414. The molecule has 202 valence electrons. The van der Waals surface area contributed by atoms with Gasteiger partial charge in [0.05, 0.1) is 41.5 Å². The number of amidine groups is 1. The zero-order valence-corrected chi connectivity index (χ0v) is 23.0. The zero-order chi connectivity index (χ0) is 29.5. The maximum absolute atomic E-state index is 15.0. The molecule has 1 fully saturated rings. The highest BCUT2D eigenvalue weighted by atomic mass is 28.3. The molecule has 0 unspecified atom stereocenters. The Balaban J connectivity index is 1.69. The predicted molar refractivity (Wildman–Crippen MR) is 148 cm³/mol. The Bertz CT molecular complexity index is 1450. The molecule has 11 heteroatoms. The van der Waals surface area contributed by atoms with Crippen LogP contribution in [-0.2, 0) is 16.2 Å². The lowest BCUT2D eigenvalue weighted by Gasteiger charge is -2.32. The number of pyridine rings is 1. The first-order valence-corrected chi connectivity index (χ1v) is 16.4. The summed E-state index contributed by atoms with van der Waals surface area (Å²) in [6, 6.07) is 6.23. The Labute approximate surface area is 226 Å². The third-order valence-electron chi connectivity index (χ3n) is 6.52. The largest absolute Gasteiger partial charge is 0.375 e. The number of morpholine rings is 1. The van der Waals surface area contributed by atoms with Crippen LogP contribution in [0.2, 0.25) is 25.7 Å². The van der Waals surface area contributed by atoms with Crippen LogP contribution in [0.15, 0.2) is 35.5 Å². The number of aromatic nitrogens is 3. The molecule has 4 heterocycles. The molecule has 0 bridgehead atoms. The van der Waals surface area contributed by atoms with E-state index in [0.717, 1.165) is 18.2 Å². The van der Waals surface area contributed by atoms with Crippen LogP contribution in [0.25, 0.3) is 11.3 Å². The van der Waals surface area contributed by atoms with Crippen molar-refractivity contribution in [3.8, 4) is 11.3 Å². The molecule has 2 aliphatic rings. The Kier molecular flexibility index (Phi) is 6.33. The van der Waals surface area contributed by atoms with Crippen molar-refractivity contribution in [2.75, 3.05) is 36.5 Å². The van der Waals surface area contributed by atoms with Crippen LogP contribution in [-0.4, -0.2) is 61.1 Å². The first-order valence-electron chi connectivity index (χ1n) is 14.2. The fraction of sp³-hybridized carbons (Fsp3) is 0.444. The van der Waals surface area contributed by atoms with E-state index in [9.17, 15) is 8.78 Å². The highest BCUT2D eigenvalue weighted by Gasteiger charge is 2.28. The topological polar surface area (TPSA) is 76.8 Å². The molecule has 0 saturated carbocycles. The molecule has 5 rings (SSSR count). The first kappa shape index (κ1) is 22.8. The number of benzene rings is 1. The van der Waals surface area contributed by atoms with Crippen molar-refractivity contribution in [3.05, 3.63) is 53.4 Å². The number of anilines is 2. The van der Waals surface area contributed by atoms with Crippen LogP contribution in [0.3, 0.4) is 0 Å².